The summed E-state index contributed by atoms with van der Waals surface area (Å²) < 4.78 is 58.3. The number of hydrogen-bond donors (Lipinski definition) is 1. The summed E-state index contributed by atoms with van der Waals surface area (Å²) in [6.07, 6.45) is 1.10. The highest BCUT2D eigenvalue weighted by Crippen LogP contribution is 2.37. The van der Waals surface area contributed by atoms with E-state index in [1.165, 1.54) is 16.4 Å². The molecule has 4 rings (SSSR count). The van der Waals surface area contributed by atoms with Crippen molar-refractivity contribution in [3.8, 4) is 5.75 Å². The molecular weight excluding hydrogens is 466 g/mol. The standard InChI is InChI=1S/C24H28F2N2O5S/c1-14-10-18(6-9-22(14)33-24(25)26)27-12-15(2)28(16(3)13-27)34(31,32)19-7-4-17-5-8-20(23(29)30)21(17)11-19/h4,6-7,9-11,15-16,20,24H,5,8,12-13H2,1-3H3,(H,29,30)/t15-,16+,20?. The number of fused-ring (bicyclic) bond motifs is 1. The van der Waals surface area contributed by atoms with E-state index >= 15 is 0 Å². The lowest BCUT2D eigenvalue weighted by atomic mass is 10.0. The Bertz CT molecular complexity index is 1190. The van der Waals surface area contributed by atoms with Gasteiger partial charge in [-0.25, -0.2) is 8.42 Å². The van der Waals surface area contributed by atoms with E-state index in [1.807, 2.05) is 18.7 Å². The molecule has 0 aromatic heterocycles. The second-order valence-corrected chi connectivity index (χ2v) is 10.9. The second kappa shape index (κ2) is 9.14. The number of carboxylic acids is 1. The fraction of sp³-hybridized carbons (Fsp3) is 0.458. The number of carboxylic acid groups (broad SMARTS) is 1. The highest BCUT2D eigenvalue weighted by molar-refractivity contribution is 7.89. The SMILES string of the molecule is Cc1cc(N2C[C@@H](C)N(S(=O)(=O)c3ccc4c(c3)C(C(=O)O)CC4)[C@@H](C)C2)ccc1OC(F)F. The van der Waals surface area contributed by atoms with Crippen molar-refractivity contribution in [2.75, 3.05) is 18.0 Å². The number of halogens is 2. The lowest BCUT2D eigenvalue weighted by Gasteiger charge is -2.44. The van der Waals surface area contributed by atoms with Crippen LogP contribution in [0.15, 0.2) is 41.3 Å². The molecule has 2 aromatic carbocycles. The summed E-state index contributed by atoms with van der Waals surface area (Å²) in [4.78, 5) is 13.7. The van der Waals surface area contributed by atoms with Gasteiger partial charge in [-0.1, -0.05) is 6.07 Å². The molecule has 2 aromatic rings. The van der Waals surface area contributed by atoms with Crippen molar-refractivity contribution in [3.05, 3.63) is 53.1 Å². The summed E-state index contributed by atoms with van der Waals surface area (Å²) in [5.74, 6) is -1.52. The minimum Gasteiger partial charge on any atom is -0.481 e. The van der Waals surface area contributed by atoms with Gasteiger partial charge in [0, 0.05) is 30.9 Å². The van der Waals surface area contributed by atoms with Gasteiger partial charge in [0.15, 0.2) is 0 Å². The Morgan fingerprint density at radius 3 is 2.38 bits per heavy atom. The predicted octanol–water partition coefficient (Wildman–Crippen LogP) is 4.00. The van der Waals surface area contributed by atoms with Crippen LogP contribution >= 0.6 is 0 Å². The zero-order valence-corrected chi connectivity index (χ0v) is 20.1. The number of ether oxygens (including phenoxy) is 1. The monoisotopic (exact) mass is 494 g/mol. The molecular formula is C24H28F2N2O5S. The molecule has 0 radical (unpaired) electrons. The normalized spacial score (nSPS) is 23.2. The molecule has 2 aliphatic rings. The predicted molar refractivity (Wildman–Crippen MR) is 123 cm³/mol. The Morgan fingerprint density at radius 2 is 1.79 bits per heavy atom. The highest BCUT2D eigenvalue weighted by Gasteiger charge is 2.39. The summed E-state index contributed by atoms with van der Waals surface area (Å²) in [7, 11) is -3.85. The molecule has 1 saturated heterocycles. The fourth-order valence-electron chi connectivity index (χ4n) is 5.17. The van der Waals surface area contributed by atoms with Gasteiger partial charge in [-0.05, 0) is 80.6 Å². The molecule has 0 spiro atoms. The van der Waals surface area contributed by atoms with Crippen LogP contribution < -0.4 is 9.64 Å². The maximum absolute atomic E-state index is 13.6. The molecule has 1 N–H and O–H groups in total. The van der Waals surface area contributed by atoms with E-state index in [2.05, 4.69) is 4.74 Å². The number of anilines is 1. The summed E-state index contributed by atoms with van der Waals surface area (Å²) in [5.41, 5.74) is 2.83. The van der Waals surface area contributed by atoms with Gasteiger partial charge in [0.2, 0.25) is 10.0 Å². The lowest BCUT2D eigenvalue weighted by Crippen LogP contribution is -2.58. The van der Waals surface area contributed by atoms with Crippen LogP contribution in [0, 0.1) is 6.92 Å². The average molecular weight is 495 g/mol. The molecule has 10 heteroatoms. The third kappa shape index (κ3) is 4.48. The number of nitrogens with zero attached hydrogens (tertiary/aromatic N) is 2. The number of aryl methyl sites for hydroxylation is 2. The van der Waals surface area contributed by atoms with E-state index in [0.717, 1.165) is 11.3 Å². The molecule has 34 heavy (non-hydrogen) atoms. The second-order valence-electron chi connectivity index (χ2n) is 9.06. The van der Waals surface area contributed by atoms with Crippen LogP contribution in [0.25, 0.3) is 0 Å². The molecule has 1 aliphatic carbocycles. The summed E-state index contributed by atoms with van der Waals surface area (Å²) in [6.45, 7) is 3.28. The van der Waals surface area contributed by atoms with E-state index in [4.69, 9.17) is 0 Å². The first-order valence-corrected chi connectivity index (χ1v) is 12.6. The summed E-state index contributed by atoms with van der Waals surface area (Å²) >= 11 is 0. The van der Waals surface area contributed by atoms with Crippen molar-refractivity contribution in [1.82, 2.24) is 4.31 Å². The topological polar surface area (TPSA) is 87.2 Å². The third-order valence-electron chi connectivity index (χ3n) is 6.65. The number of hydrogen-bond acceptors (Lipinski definition) is 5. The number of sulfonamides is 1. The van der Waals surface area contributed by atoms with Crippen molar-refractivity contribution >= 4 is 21.7 Å². The zero-order chi connectivity index (χ0) is 24.8. The number of benzene rings is 2. The Balaban J connectivity index is 1.57. The van der Waals surface area contributed by atoms with Gasteiger partial charge in [0.25, 0.3) is 0 Å². The smallest absolute Gasteiger partial charge is 0.387 e. The number of piperazine rings is 1. The molecule has 1 heterocycles. The third-order valence-corrected chi connectivity index (χ3v) is 8.77. The van der Waals surface area contributed by atoms with Gasteiger partial charge < -0.3 is 14.7 Å². The number of carbonyl (C=O) groups is 1. The molecule has 1 aliphatic heterocycles. The Labute approximate surface area is 198 Å². The van der Waals surface area contributed by atoms with Gasteiger partial charge in [0.1, 0.15) is 5.75 Å². The maximum Gasteiger partial charge on any atom is 0.387 e. The Morgan fingerprint density at radius 1 is 1.12 bits per heavy atom. The van der Waals surface area contributed by atoms with Crippen LogP contribution in [0.1, 0.15) is 42.9 Å². The minimum absolute atomic E-state index is 0.107. The molecule has 1 unspecified atom stereocenters. The number of alkyl halides is 2. The largest absolute Gasteiger partial charge is 0.481 e. The van der Waals surface area contributed by atoms with E-state index in [1.54, 1.807) is 31.2 Å². The van der Waals surface area contributed by atoms with Crippen molar-refractivity contribution in [1.29, 1.82) is 0 Å². The molecule has 7 nitrogen and oxygen atoms in total. The van der Waals surface area contributed by atoms with E-state index < -0.39 is 28.5 Å². The lowest BCUT2D eigenvalue weighted by molar-refractivity contribution is -0.138. The van der Waals surface area contributed by atoms with Crippen LogP contribution in [0.3, 0.4) is 0 Å². The molecule has 184 valence electrons. The van der Waals surface area contributed by atoms with Gasteiger partial charge >= 0.3 is 12.6 Å². The minimum atomic E-state index is -3.85. The maximum atomic E-state index is 13.6. The van der Waals surface area contributed by atoms with Gasteiger partial charge in [0.05, 0.1) is 10.8 Å². The van der Waals surface area contributed by atoms with Crippen molar-refractivity contribution < 1.29 is 31.8 Å². The summed E-state index contributed by atoms with van der Waals surface area (Å²) in [6, 6.07) is 9.03. The van der Waals surface area contributed by atoms with E-state index in [9.17, 15) is 27.1 Å². The van der Waals surface area contributed by atoms with E-state index in [-0.39, 0.29) is 22.7 Å². The van der Waals surface area contributed by atoms with Crippen molar-refractivity contribution in [2.45, 2.75) is 63.1 Å². The first-order chi connectivity index (χ1) is 16.0. The van der Waals surface area contributed by atoms with Crippen molar-refractivity contribution in [3.63, 3.8) is 0 Å². The number of aliphatic carboxylic acids is 1. The van der Waals surface area contributed by atoms with Crippen LogP contribution in [-0.4, -0.2) is 55.6 Å². The van der Waals surface area contributed by atoms with Crippen LogP contribution in [0.2, 0.25) is 0 Å². The fourth-order valence-corrected chi connectivity index (χ4v) is 7.01. The first kappa shape index (κ1) is 24.4. The molecule has 0 saturated carbocycles. The van der Waals surface area contributed by atoms with E-state index in [0.29, 0.717) is 37.1 Å². The van der Waals surface area contributed by atoms with Crippen LogP contribution in [0.5, 0.6) is 5.75 Å². The Kier molecular flexibility index (Phi) is 6.56. The zero-order valence-electron chi connectivity index (χ0n) is 19.2. The molecule has 3 atom stereocenters. The average Bonchev–Trinajstić information content (AvgIpc) is 3.18. The highest BCUT2D eigenvalue weighted by atomic mass is 32.2. The molecule has 0 bridgehead atoms. The quantitative estimate of drug-likeness (QED) is 0.653. The van der Waals surface area contributed by atoms with Crippen LogP contribution in [-0.2, 0) is 21.2 Å². The van der Waals surface area contributed by atoms with Crippen molar-refractivity contribution in [2.24, 2.45) is 0 Å². The number of rotatable bonds is 6. The Hall–Kier alpha value is -2.72. The molecule has 1 fully saturated rings. The van der Waals surface area contributed by atoms with Crippen LogP contribution in [0.4, 0.5) is 14.5 Å². The van der Waals surface area contributed by atoms with Gasteiger partial charge in [-0.15, -0.1) is 0 Å². The van der Waals surface area contributed by atoms with Gasteiger partial charge in [-0.2, -0.15) is 13.1 Å². The molecule has 0 amide bonds. The first-order valence-electron chi connectivity index (χ1n) is 11.2. The van der Waals surface area contributed by atoms with Gasteiger partial charge in [-0.3, -0.25) is 4.79 Å². The summed E-state index contributed by atoms with van der Waals surface area (Å²) in [5, 5.41) is 9.49.